The molecule has 0 aliphatic rings. The molecule has 0 spiro atoms. The van der Waals surface area contributed by atoms with E-state index in [0.717, 1.165) is 5.56 Å². The Hall–Kier alpha value is -1.40. The van der Waals surface area contributed by atoms with E-state index in [0.29, 0.717) is 11.3 Å². The zero-order chi connectivity index (χ0) is 11.3. The van der Waals surface area contributed by atoms with Crippen molar-refractivity contribution >= 4 is 16.9 Å². The van der Waals surface area contributed by atoms with Crippen LogP contribution in [0.1, 0.15) is 18.1 Å². The molecule has 15 heavy (non-hydrogen) atoms. The van der Waals surface area contributed by atoms with E-state index < -0.39 is 0 Å². The molecule has 1 rings (SSSR count). The summed E-state index contributed by atoms with van der Waals surface area (Å²) in [5.41, 5.74) is 1.60. The molecule has 0 fully saturated rings. The fourth-order valence-electron chi connectivity index (χ4n) is 1.02. The molecular formula is C12H12O2S. The summed E-state index contributed by atoms with van der Waals surface area (Å²) in [5.74, 6) is 6.30. The molecule has 0 amide bonds. The van der Waals surface area contributed by atoms with Crippen molar-refractivity contribution in [3.8, 4) is 17.6 Å². The van der Waals surface area contributed by atoms with Crippen molar-refractivity contribution in [1.29, 1.82) is 0 Å². The molecule has 0 aliphatic heterocycles. The first kappa shape index (κ1) is 11.7. The van der Waals surface area contributed by atoms with E-state index in [9.17, 15) is 9.90 Å². The second kappa shape index (κ2) is 5.47. The number of aryl methyl sites for hydroxylation is 1. The molecule has 0 saturated heterocycles. The van der Waals surface area contributed by atoms with E-state index in [1.807, 2.05) is 13.0 Å². The topological polar surface area (TPSA) is 37.3 Å². The highest BCUT2D eigenvalue weighted by Crippen LogP contribution is 2.16. The lowest BCUT2D eigenvalue weighted by molar-refractivity contribution is -0.109. The fourth-order valence-corrected chi connectivity index (χ4v) is 1.36. The number of carbonyl (C=O) groups is 1. The highest BCUT2D eigenvalue weighted by molar-refractivity contribution is 8.13. The van der Waals surface area contributed by atoms with E-state index in [2.05, 4.69) is 11.8 Å². The zero-order valence-electron chi connectivity index (χ0n) is 8.70. The molecule has 1 aromatic carbocycles. The first-order valence-electron chi connectivity index (χ1n) is 4.51. The van der Waals surface area contributed by atoms with Gasteiger partial charge in [0.2, 0.25) is 0 Å². The smallest absolute Gasteiger partial charge is 0.186 e. The number of benzene rings is 1. The minimum Gasteiger partial charge on any atom is -0.507 e. The predicted molar refractivity (Wildman–Crippen MR) is 62.9 cm³/mol. The van der Waals surface area contributed by atoms with Gasteiger partial charge in [0.05, 0.1) is 11.3 Å². The van der Waals surface area contributed by atoms with Gasteiger partial charge in [-0.05, 0) is 24.6 Å². The SMILES string of the molecule is CC(=O)SCC#Cc1ccc(C)cc1O. The van der Waals surface area contributed by atoms with Crippen molar-refractivity contribution in [3.05, 3.63) is 29.3 Å². The summed E-state index contributed by atoms with van der Waals surface area (Å²) >= 11 is 1.17. The van der Waals surface area contributed by atoms with E-state index in [4.69, 9.17) is 0 Å². The van der Waals surface area contributed by atoms with Crippen LogP contribution < -0.4 is 0 Å². The number of thioether (sulfide) groups is 1. The van der Waals surface area contributed by atoms with Gasteiger partial charge in [-0.2, -0.15) is 0 Å². The molecule has 0 radical (unpaired) electrons. The summed E-state index contributed by atoms with van der Waals surface area (Å²) in [6, 6.07) is 5.33. The molecule has 3 heteroatoms. The normalized spacial score (nSPS) is 9.20. The van der Waals surface area contributed by atoms with Crippen molar-refractivity contribution in [2.75, 3.05) is 5.75 Å². The molecule has 1 N–H and O–H groups in total. The number of hydrogen-bond acceptors (Lipinski definition) is 3. The summed E-state index contributed by atoms with van der Waals surface area (Å²) in [6.45, 7) is 3.41. The summed E-state index contributed by atoms with van der Waals surface area (Å²) in [6.07, 6.45) is 0. The van der Waals surface area contributed by atoms with Gasteiger partial charge < -0.3 is 5.11 Å². The summed E-state index contributed by atoms with van der Waals surface area (Å²) < 4.78 is 0. The van der Waals surface area contributed by atoms with Gasteiger partial charge in [0, 0.05) is 6.92 Å². The van der Waals surface area contributed by atoms with Gasteiger partial charge in [-0.1, -0.05) is 29.7 Å². The number of carbonyl (C=O) groups excluding carboxylic acids is 1. The summed E-state index contributed by atoms with van der Waals surface area (Å²) in [5, 5.41) is 9.58. The first-order valence-corrected chi connectivity index (χ1v) is 5.50. The van der Waals surface area contributed by atoms with Crippen LogP contribution in [0.5, 0.6) is 5.75 Å². The van der Waals surface area contributed by atoms with Gasteiger partial charge in [0.25, 0.3) is 0 Å². The minimum atomic E-state index is 0.0532. The molecule has 0 heterocycles. The van der Waals surface area contributed by atoms with Crippen molar-refractivity contribution in [1.82, 2.24) is 0 Å². The average Bonchev–Trinajstić information content (AvgIpc) is 2.14. The van der Waals surface area contributed by atoms with E-state index in [1.165, 1.54) is 18.7 Å². The monoisotopic (exact) mass is 220 g/mol. The van der Waals surface area contributed by atoms with Crippen LogP contribution in [0.4, 0.5) is 0 Å². The van der Waals surface area contributed by atoms with Gasteiger partial charge in [-0.25, -0.2) is 0 Å². The van der Waals surface area contributed by atoms with Crippen molar-refractivity contribution in [2.45, 2.75) is 13.8 Å². The van der Waals surface area contributed by atoms with Crippen LogP contribution in [0, 0.1) is 18.8 Å². The quantitative estimate of drug-likeness (QED) is 0.738. The largest absolute Gasteiger partial charge is 0.507 e. The van der Waals surface area contributed by atoms with E-state index in [-0.39, 0.29) is 10.9 Å². The van der Waals surface area contributed by atoms with Crippen molar-refractivity contribution in [3.63, 3.8) is 0 Å². The highest BCUT2D eigenvalue weighted by Gasteiger charge is 1.96. The molecule has 0 saturated carbocycles. The lowest BCUT2D eigenvalue weighted by Gasteiger charge is -1.97. The van der Waals surface area contributed by atoms with Crippen molar-refractivity contribution in [2.24, 2.45) is 0 Å². The lowest BCUT2D eigenvalue weighted by Crippen LogP contribution is -1.83. The maximum Gasteiger partial charge on any atom is 0.186 e. The zero-order valence-corrected chi connectivity index (χ0v) is 9.52. The molecule has 1 aromatic rings. The molecular weight excluding hydrogens is 208 g/mol. The van der Waals surface area contributed by atoms with Crippen LogP contribution in [0.3, 0.4) is 0 Å². The Morgan fingerprint density at radius 2 is 2.27 bits per heavy atom. The number of rotatable bonds is 1. The van der Waals surface area contributed by atoms with E-state index in [1.54, 1.807) is 12.1 Å². The maximum absolute atomic E-state index is 10.6. The van der Waals surface area contributed by atoms with E-state index >= 15 is 0 Å². The Bertz CT molecular complexity index is 427. The third-order valence-electron chi connectivity index (χ3n) is 1.72. The predicted octanol–water partition coefficient (Wildman–Crippen LogP) is 2.33. The number of hydrogen-bond donors (Lipinski definition) is 1. The second-order valence-corrected chi connectivity index (χ2v) is 4.25. The molecule has 0 unspecified atom stereocenters. The summed E-state index contributed by atoms with van der Waals surface area (Å²) in [4.78, 5) is 10.6. The highest BCUT2D eigenvalue weighted by atomic mass is 32.2. The van der Waals surface area contributed by atoms with Gasteiger partial charge in [0.15, 0.2) is 5.12 Å². The third-order valence-corrected chi connectivity index (χ3v) is 2.42. The molecule has 78 valence electrons. The standard InChI is InChI=1S/C12H12O2S/c1-9-5-6-11(12(14)8-9)4-3-7-15-10(2)13/h5-6,8,14H,7H2,1-2H3. The minimum absolute atomic E-state index is 0.0532. The average molecular weight is 220 g/mol. The number of phenols is 1. The Balaban J connectivity index is 2.67. The Labute approximate surface area is 93.7 Å². The number of phenolic OH excluding ortho intramolecular Hbond substituents is 1. The van der Waals surface area contributed by atoms with Crippen LogP contribution in [-0.2, 0) is 4.79 Å². The Morgan fingerprint density at radius 3 is 2.87 bits per heavy atom. The summed E-state index contributed by atoms with van der Waals surface area (Å²) in [7, 11) is 0. The van der Waals surface area contributed by atoms with Gasteiger partial charge in [-0.15, -0.1) is 0 Å². The fraction of sp³-hybridized carbons (Fsp3) is 0.250. The molecule has 0 aliphatic carbocycles. The Kier molecular flexibility index (Phi) is 4.26. The van der Waals surface area contributed by atoms with Crippen LogP contribution >= 0.6 is 11.8 Å². The Morgan fingerprint density at radius 1 is 1.53 bits per heavy atom. The number of aromatic hydroxyl groups is 1. The van der Waals surface area contributed by atoms with Crippen LogP contribution in [0.25, 0.3) is 0 Å². The van der Waals surface area contributed by atoms with Crippen LogP contribution in [0.15, 0.2) is 18.2 Å². The van der Waals surface area contributed by atoms with Gasteiger partial charge >= 0.3 is 0 Å². The van der Waals surface area contributed by atoms with Gasteiger partial charge in [0.1, 0.15) is 5.75 Å². The molecule has 2 nitrogen and oxygen atoms in total. The molecule has 0 atom stereocenters. The second-order valence-electron chi connectivity index (χ2n) is 3.10. The van der Waals surface area contributed by atoms with Crippen molar-refractivity contribution < 1.29 is 9.90 Å². The van der Waals surface area contributed by atoms with Crippen LogP contribution in [-0.4, -0.2) is 16.0 Å². The van der Waals surface area contributed by atoms with Gasteiger partial charge in [-0.3, -0.25) is 4.79 Å². The maximum atomic E-state index is 10.6. The van der Waals surface area contributed by atoms with Crippen LogP contribution in [0.2, 0.25) is 0 Å². The first-order chi connectivity index (χ1) is 7.09. The molecule has 0 aromatic heterocycles. The third kappa shape index (κ3) is 4.09. The lowest BCUT2D eigenvalue weighted by atomic mass is 10.1. The molecule has 0 bridgehead atoms.